The summed E-state index contributed by atoms with van der Waals surface area (Å²) in [4.78, 5) is 14.4. The molecule has 0 bridgehead atoms. The van der Waals surface area contributed by atoms with Crippen molar-refractivity contribution in [3.8, 4) is 0 Å². The van der Waals surface area contributed by atoms with Crippen molar-refractivity contribution in [2.24, 2.45) is 7.05 Å². The van der Waals surface area contributed by atoms with Crippen LogP contribution in [0.5, 0.6) is 0 Å². The van der Waals surface area contributed by atoms with Crippen LogP contribution in [0, 0.1) is 6.92 Å². The zero-order valence-electron chi connectivity index (χ0n) is 13.5. The number of hydrogen-bond acceptors (Lipinski definition) is 5. The Morgan fingerprint density at radius 3 is 2.73 bits per heavy atom. The molecular weight excluding hydrogens is 276 g/mol. The van der Waals surface area contributed by atoms with E-state index in [0.717, 1.165) is 35.8 Å². The van der Waals surface area contributed by atoms with E-state index in [1.807, 2.05) is 24.9 Å². The fraction of sp³-hybridized carbons (Fsp3) is 0.688. The van der Waals surface area contributed by atoms with E-state index in [-0.39, 0.29) is 0 Å². The highest BCUT2D eigenvalue weighted by Crippen LogP contribution is 2.28. The van der Waals surface area contributed by atoms with Crippen LogP contribution >= 0.6 is 0 Å². The molecule has 2 aliphatic heterocycles. The second-order valence-corrected chi connectivity index (χ2v) is 6.59. The van der Waals surface area contributed by atoms with Gasteiger partial charge in [-0.2, -0.15) is 5.10 Å². The number of rotatable bonds is 2. The average molecular weight is 300 g/mol. The van der Waals surface area contributed by atoms with Crippen LogP contribution in [0.2, 0.25) is 0 Å². The Morgan fingerprint density at radius 2 is 1.91 bits per heavy atom. The topological polar surface area (TPSA) is 50.1 Å². The van der Waals surface area contributed by atoms with Crippen LogP contribution in [0.15, 0.2) is 6.20 Å². The molecule has 2 fully saturated rings. The summed E-state index contributed by atoms with van der Waals surface area (Å²) in [7, 11) is 1.95. The van der Waals surface area contributed by atoms with E-state index < -0.39 is 0 Å². The molecule has 2 aromatic rings. The van der Waals surface area contributed by atoms with Gasteiger partial charge in [-0.3, -0.25) is 9.58 Å². The molecule has 0 spiro atoms. The van der Waals surface area contributed by atoms with Crippen molar-refractivity contribution in [1.82, 2.24) is 24.6 Å². The first-order valence-electron chi connectivity index (χ1n) is 8.38. The molecule has 0 aliphatic carbocycles. The summed E-state index contributed by atoms with van der Waals surface area (Å²) < 4.78 is 1.84. The van der Waals surface area contributed by atoms with E-state index in [9.17, 15) is 0 Å². The Labute approximate surface area is 131 Å². The first-order chi connectivity index (χ1) is 10.7. The predicted molar refractivity (Wildman–Crippen MR) is 87.1 cm³/mol. The van der Waals surface area contributed by atoms with Crippen molar-refractivity contribution >= 4 is 16.9 Å². The van der Waals surface area contributed by atoms with Gasteiger partial charge in [0.1, 0.15) is 11.6 Å². The third kappa shape index (κ3) is 2.35. The summed E-state index contributed by atoms with van der Waals surface area (Å²) in [5, 5.41) is 5.44. The van der Waals surface area contributed by atoms with Crippen molar-refractivity contribution < 1.29 is 0 Å². The number of likely N-dealkylation sites (tertiary alicyclic amines) is 1. The van der Waals surface area contributed by atoms with Gasteiger partial charge in [-0.05, 0) is 45.7 Å². The second-order valence-electron chi connectivity index (χ2n) is 6.59. The summed E-state index contributed by atoms with van der Waals surface area (Å²) in [5.41, 5.74) is 0.936. The zero-order valence-corrected chi connectivity index (χ0v) is 13.5. The number of anilines is 1. The Morgan fingerprint density at radius 1 is 1.09 bits per heavy atom. The average Bonchev–Trinajstić information content (AvgIpc) is 3.18. The maximum absolute atomic E-state index is 4.74. The molecule has 0 N–H and O–H groups in total. The lowest BCUT2D eigenvalue weighted by molar-refractivity contribution is 0.215. The zero-order chi connectivity index (χ0) is 15.1. The number of aryl methyl sites for hydroxylation is 2. The standard InChI is InChI=1S/C16H24N6/c1-12-18-15-14(10-17-20(15)2)16(19-12)22-9-5-6-13(11-22)21-7-3-4-8-21/h10,13H,3-9,11H2,1-2H3/t13-/m1/s1. The predicted octanol–water partition coefficient (Wildman–Crippen LogP) is 1.74. The lowest BCUT2D eigenvalue weighted by Gasteiger charge is -2.38. The monoisotopic (exact) mass is 300 g/mol. The first-order valence-corrected chi connectivity index (χ1v) is 8.38. The van der Waals surface area contributed by atoms with E-state index in [0.29, 0.717) is 6.04 Å². The largest absolute Gasteiger partial charge is 0.354 e. The van der Waals surface area contributed by atoms with E-state index in [1.54, 1.807) is 0 Å². The Kier molecular flexibility index (Phi) is 3.48. The van der Waals surface area contributed by atoms with Crippen molar-refractivity contribution in [3.63, 3.8) is 0 Å². The van der Waals surface area contributed by atoms with Crippen LogP contribution in [0.3, 0.4) is 0 Å². The second kappa shape index (κ2) is 5.50. The van der Waals surface area contributed by atoms with E-state index >= 15 is 0 Å². The van der Waals surface area contributed by atoms with Crippen LogP contribution in [0.1, 0.15) is 31.5 Å². The van der Waals surface area contributed by atoms with Gasteiger partial charge < -0.3 is 4.90 Å². The van der Waals surface area contributed by atoms with Crippen molar-refractivity contribution in [2.45, 2.75) is 38.6 Å². The molecule has 4 heterocycles. The van der Waals surface area contributed by atoms with Crippen molar-refractivity contribution in [3.05, 3.63) is 12.0 Å². The normalized spacial score (nSPS) is 23.5. The molecule has 1 atom stereocenters. The molecule has 6 heteroatoms. The number of hydrogen-bond donors (Lipinski definition) is 0. The van der Waals surface area contributed by atoms with Crippen LogP contribution in [-0.4, -0.2) is 56.9 Å². The van der Waals surface area contributed by atoms with Crippen LogP contribution in [-0.2, 0) is 7.05 Å². The Balaban J connectivity index is 1.66. The van der Waals surface area contributed by atoms with Gasteiger partial charge in [-0.15, -0.1) is 0 Å². The van der Waals surface area contributed by atoms with Crippen LogP contribution in [0.25, 0.3) is 11.0 Å². The highest BCUT2D eigenvalue weighted by molar-refractivity contribution is 5.87. The minimum Gasteiger partial charge on any atom is -0.354 e. The molecule has 2 aromatic heterocycles. The van der Waals surface area contributed by atoms with Crippen molar-refractivity contribution in [1.29, 1.82) is 0 Å². The van der Waals surface area contributed by atoms with Gasteiger partial charge in [0.05, 0.1) is 11.6 Å². The summed E-state index contributed by atoms with van der Waals surface area (Å²) in [6.07, 6.45) is 7.18. The fourth-order valence-corrected chi connectivity index (χ4v) is 3.91. The van der Waals surface area contributed by atoms with Crippen LogP contribution in [0.4, 0.5) is 5.82 Å². The van der Waals surface area contributed by atoms with Gasteiger partial charge in [-0.1, -0.05) is 0 Å². The first kappa shape index (κ1) is 13.9. The molecular formula is C16H24N6. The van der Waals surface area contributed by atoms with E-state index in [4.69, 9.17) is 4.98 Å². The minimum atomic E-state index is 0.679. The molecule has 2 saturated heterocycles. The highest BCUT2D eigenvalue weighted by atomic mass is 15.3. The third-order valence-corrected chi connectivity index (χ3v) is 5.04. The Bertz CT molecular complexity index is 673. The highest BCUT2D eigenvalue weighted by Gasteiger charge is 2.28. The smallest absolute Gasteiger partial charge is 0.163 e. The van der Waals surface area contributed by atoms with Gasteiger partial charge in [0.2, 0.25) is 0 Å². The third-order valence-electron chi connectivity index (χ3n) is 5.04. The lowest BCUT2D eigenvalue weighted by Crippen LogP contribution is -2.47. The number of nitrogens with zero attached hydrogens (tertiary/aromatic N) is 6. The molecule has 0 aromatic carbocycles. The number of piperidine rings is 1. The van der Waals surface area contributed by atoms with Crippen LogP contribution < -0.4 is 4.90 Å². The maximum Gasteiger partial charge on any atom is 0.163 e. The summed E-state index contributed by atoms with van der Waals surface area (Å²) in [6, 6.07) is 0.679. The molecule has 0 radical (unpaired) electrons. The molecule has 0 saturated carbocycles. The quantitative estimate of drug-likeness (QED) is 0.845. The fourth-order valence-electron chi connectivity index (χ4n) is 3.91. The van der Waals surface area contributed by atoms with Gasteiger partial charge in [0, 0.05) is 26.2 Å². The lowest BCUT2D eigenvalue weighted by atomic mass is 10.0. The van der Waals surface area contributed by atoms with Gasteiger partial charge >= 0.3 is 0 Å². The minimum absolute atomic E-state index is 0.679. The molecule has 6 nitrogen and oxygen atoms in total. The summed E-state index contributed by atoms with van der Waals surface area (Å²) in [5.74, 6) is 1.90. The number of fused-ring (bicyclic) bond motifs is 1. The molecule has 0 unspecified atom stereocenters. The molecule has 4 rings (SSSR count). The SMILES string of the molecule is Cc1nc(N2CCC[C@@H](N3CCCC3)C2)c2cnn(C)c2n1. The molecule has 118 valence electrons. The molecule has 2 aliphatic rings. The maximum atomic E-state index is 4.74. The number of aromatic nitrogens is 4. The van der Waals surface area contributed by atoms with Gasteiger partial charge in [0.15, 0.2) is 5.65 Å². The molecule has 22 heavy (non-hydrogen) atoms. The van der Waals surface area contributed by atoms with Gasteiger partial charge in [0.25, 0.3) is 0 Å². The summed E-state index contributed by atoms with van der Waals surface area (Å²) >= 11 is 0. The Hall–Kier alpha value is -1.69. The van der Waals surface area contributed by atoms with E-state index in [2.05, 4.69) is 19.9 Å². The molecule has 0 amide bonds. The summed E-state index contributed by atoms with van der Waals surface area (Å²) in [6.45, 7) is 6.68. The van der Waals surface area contributed by atoms with Crippen molar-refractivity contribution in [2.75, 3.05) is 31.1 Å². The van der Waals surface area contributed by atoms with Gasteiger partial charge in [-0.25, -0.2) is 9.97 Å². The van der Waals surface area contributed by atoms with E-state index in [1.165, 1.54) is 38.8 Å².